The van der Waals surface area contributed by atoms with Crippen LogP contribution in [0, 0.1) is 0 Å². The summed E-state index contributed by atoms with van der Waals surface area (Å²) in [4.78, 5) is 18.8. The van der Waals surface area contributed by atoms with E-state index in [1.54, 1.807) is 30.8 Å². The smallest absolute Gasteiger partial charge is 0.251 e. The van der Waals surface area contributed by atoms with E-state index >= 15 is 0 Å². The van der Waals surface area contributed by atoms with E-state index < -0.39 is 10.8 Å². The molecule has 2 aromatic rings. The molecule has 1 unspecified atom stereocenters. The minimum atomic E-state index is -0.885. The summed E-state index contributed by atoms with van der Waals surface area (Å²) in [5, 5.41) is 2.72. The SMILES string of the molecule is CS(=O)CCNC(=O)c1ccc2nc[nH]c2c1. The first-order valence-electron chi connectivity index (χ1n) is 5.18. The molecular formula is C11H13N3O2S. The molecule has 1 atom stereocenters. The van der Waals surface area contributed by atoms with Crippen LogP contribution in [-0.4, -0.2) is 38.6 Å². The number of H-pyrrole nitrogens is 1. The van der Waals surface area contributed by atoms with Crippen molar-refractivity contribution in [3.8, 4) is 0 Å². The maximum atomic E-state index is 11.7. The van der Waals surface area contributed by atoms with E-state index in [0.29, 0.717) is 17.9 Å². The quantitative estimate of drug-likeness (QED) is 0.838. The van der Waals surface area contributed by atoms with Gasteiger partial charge < -0.3 is 10.3 Å². The lowest BCUT2D eigenvalue weighted by Crippen LogP contribution is -2.27. The molecule has 0 fully saturated rings. The second kappa shape index (κ2) is 5.09. The number of amides is 1. The average Bonchev–Trinajstić information content (AvgIpc) is 2.75. The molecule has 0 spiro atoms. The zero-order valence-corrected chi connectivity index (χ0v) is 10.2. The van der Waals surface area contributed by atoms with Crippen LogP contribution in [-0.2, 0) is 10.8 Å². The average molecular weight is 251 g/mol. The molecule has 0 saturated carbocycles. The predicted octanol–water partition coefficient (Wildman–Crippen LogP) is 0.671. The standard InChI is InChI=1S/C11H13N3O2S/c1-17(16)5-4-12-11(15)8-2-3-9-10(6-8)14-7-13-9/h2-3,6-7H,4-5H2,1H3,(H,12,15)(H,13,14). The van der Waals surface area contributed by atoms with Gasteiger partial charge in [0.25, 0.3) is 5.91 Å². The Morgan fingerprint density at radius 2 is 2.35 bits per heavy atom. The largest absolute Gasteiger partial charge is 0.351 e. The third-order valence-corrected chi connectivity index (χ3v) is 3.14. The highest BCUT2D eigenvalue weighted by molar-refractivity contribution is 7.84. The zero-order valence-electron chi connectivity index (χ0n) is 9.40. The fourth-order valence-electron chi connectivity index (χ4n) is 1.49. The van der Waals surface area contributed by atoms with Gasteiger partial charge in [-0.15, -0.1) is 0 Å². The summed E-state index contributed by atoms with van der Waals surface area (Å²) in [5.41, 5.74) is 2.23. The normalized spacial score (nSPS) is 12.5. The van der Waals surface area contributed by atoms with Crippen molar-refractivity contribution in [2.24, 2.45) is 0 Å². The summed E-state index contributed by atoms with van der Waals surface area (Å²) < 4.78 is 10.8. The van der Waals surface area contributed by atoms with Crippen LogP contribution in [0.4, 0.5) is 0 Å². The summed E-state index contributed by atoms with van der Waals surface area (Å²) in [6.45, 7) is 0.420. The van der Waals surface area contributed by atoms with Crippen LogP contribution in [0.1, 0.15) is 10.4 Å². The minimum absolute atomic E-state index is 0.160. The van der Waals surface area contributed by atoms with Crippen molar-refractivity contribution in [3.63, 3.8) is 0 Å². The van der Waals surface area contributed by atoms with Gasteiger partial charge in [-0.3, -0.25) is 9.00 Å². The number of nitrogens with zero attached hydrogens (tertiary/aromatic N) is 1. The Bertz CT molecular complexity index is 565. The molecule has 17 heavy (non-hydrogen) atoms. The molecule has 1 aromatic carbocycles. The molecule has 1 heterocycles. The number of benzene rings is 1. The highest BCUT2D eigenvalue weighted by atomic mass is 32.2. The van der Waals surface area contributed by atoms with Crippen molar-refractivity contribution in [2.45, 2.75) is 0 Å². The molecule has 6 heteroatoms. The number of rotatable bonds is 4. The molecule has 0 saturated heterocycles. The lowest BCUT2D eigenvalue weighted by molar-refractivity contribution is 0.0956. The van der Waals surface area contributed by atoms with E-state index in [-0.39, 0.29) is 5.91 Å². The van der Waals surface area contributed by atoms with Crippen LogP contribution >= 0.6 is 0 Å². The molecule has 0 aliphatic rings. The van der Waals surface area contributed by atoms with Crippen LogP contribution in [0.2, 0.25) is 0 Å². The summed E-state index contributed by atoms with van der Waals surface area (Å²) in [5.74, 6) is 0.310. The lowest BCUT2D eigenvalue weighted by Gasteiger charge is -2.03. The van der Waals surface area contributed by atoms with Crippen LogP contribution in [0.3, 0.4) is 0 Å². The molecule has 0 aliphatic carbocycles. The van der Waals surface area contributed by atoms with Gasteiger partial charge in [-0.25, -0.2) is 4.98 Å². The van der Waals surface area contributed by atoms with Crippen LogP contribution in [0.15, 0.2) is 24.5 Å². The third kappa shape index (κ3) is 2.91. The topological polar surface area (TPSA) is 74.8 Å². The first kappa shape index (κ1) is 11.8. The van der Waals surface area contributed by atoms with E-state index in [2.05, 4.69) is 15.3 Å². The van der Waals surface area contributed by atoms with E-state index in [9.17, 15) is 9.00 Å². The number of carbonyl (C=O) groups excluding carboxylic acids is 1. The van der Waals surface area contributed by atoms with Gasteiger partial charge in [0.1, 0.15) is 0 Å². The number of nitrogens with one attached hydrogen (secondary N) is 2. The van der Waals surface area contributed by atoms with Gasteiger partial charge in [0.15, 0.2) is 0 Å². The van der Waals surface area contributed by atoms with E-state index in [4.69, 9.17) is 0 Å². The van der Waals surface area contributed by atoms with Gasteiger partial charge in [-0.05, 0) is 18.2 Å². The van der Waals surface area contributed by atoms with Crippen molar-refractivity contribution in [1.29, 1.82) is 0 Å². The number of imidazole rings is 1. The monoisotopic (exact) mass is 251 g/mol. The molecule has 1 amide bonds. The molecule has 0 aliphatic heterocycles. The van der Waals surface area contributed by atoms with E-state index in [1.807, 2.05) is 0 Å². The van der Waals surface area contributed by atoms with Gasteiger partial charge >= 0.3 is 0 Å². The van der Waals surface area contributed by atoms with E-state index in [0.717, 1.165) is 11.0 Å². The van der Waals surface area contributed by atoms with Crippen molar-refractivity contribution in [3.05, 3.63) is 30.1 Å². The zero-order chi connectivity index (χ0) is 12.3. The molecule has 0 radical (unpaired) electrons. The summed E-state index contributed by atoms with van der Waals surface area (Å²) in [6, 6.07) is 5.26. The van der Waals surface area contributed by atoms with Crippen molar-refractivity contribution in [2.75, 3.05) is 18.6 Å². The predicted molar refractivity (Wildman–Crippen MR) is 67.4 cm³/mol. The molecular weight excluding hydrogens is 238 g/mol. The summed E-state index contributed by atoms with van der Waals surface area (Å²) >= 11 is 0. The Hall–Kier alpha value is -1.69. The molecule has 2 N–H and O–H groups in total. The maximum Gasteiger partial charge on any atom is 0.251 e. The maximum absolute atomic E-state index is 11.7. The molecule has 2 rings (SSSR count). The van der Waals surface area contributed by atoms with Gasteiger partial charge in [-0.1, -0.05) is 0 Å². The number of fused-ring (bicyclic) bond motifs is 1. The van der Waals surface area contributed by atoms with Crippen molar-refractivity contribution >= 4 is 27.7 Å². The summed E-state index contributed by atoms with van der Waals surface area (Å²) in [6.07, 6.45) is 3.20. The number of carbonyl (C=O) groups is 1. The third-order valence-electron chi connectivity index (χ3n) is 2.36. The highest BCUT2D eigenvalue weighted by Gasteiger charge is 2.06. The van der Waals surface area contributed by atoms with Crippen molar-refractivity contribution in [1.82, 2.24) is 15.3 Å². The number of hydrogen-bond acceptors (Lipinski definition) is 3. The first-order chi connectivity index (χ1) is 8.16. The van der Waals surface area contributed by atoms with Crippen molar-refractivity contribution < 1.29 is 9.00 Å². The second-order valence-corrected chi connectivity index (χ2v) is 5.22. The molecule has 1 aromatic heterocycles. The van der Waals surface area contributed by atoms with Gasteiger partial charge in [0.05, 0.1) is 17.4 Å². The Kier molecular flexibility index (Phi) is 3.53. The van der Waals surface area contributed by atoms with E-state index in [1.165, 1.54) is 0 Å². The minimum Gasteiger partial charge on any atom is -0.351 e. The van der Waals surface area contributed by atoms with Crippen LogP contribution < -0.4 is 5.32 Å². The number of aromatic amines is 1. The van der Waals surface area contributed by atoms with Crippen LogP contribution in [0.5, 0.6) is 0 Å². The number of hydrogen-bond donors (Lipinski definition) is 2. The molecule has 90 valence electrons. The Morgan fingerprint density at radius 1 is 1.53 bits per heavy atom. The Labute approximate surface area is 101 Å². The lowest BCUT2D eigenvalue weighted by atomic mass is 10.2. The Morgan fingerprint density at radius 3 is 3.12 bits per heavy atom. The van der Waals surface area contributed by atoms with Gasteiger partial charge in [-0.2, -0.15) is 0 Å². The Balaban J connectivity index is 2.05. The van der Waals surface area contributed by atoms with Gasteiger partial charge in [0, 0.05) is 34.9 Å². The summed E-state index contributed by atoms with van der Waals surface area (Å²) in [7, 11) is -0.885. The molecule has 0 bridgehead atoms. The first-order valence-corrected chi connectivity index (χ1v) is 6.91. The second-order valence-electron chi connectivity index (χ2n) is 3.67. The number of aromatic nitrogens is 2. The molecule has 5 nitrogen and oxygen atoms in total. The fraction of sp³-hybridized carbons (Fsp3) is 0.273. The van der Waals surface area contributed by atoms with Gasteiger partial charge in [0.2, 0.25) is 0 Å². The fourth-order valence-corrected chi connectivity index (χ4v) is 1.88. The highest BCUT2D eigenvalue weighted by Crippen LogP contribution is 2.11. The van der Waals surface area contributed by atoms with Crippen LogP contribution in [0.25, 0.3) is 11.0 Å².